The van der Waals surface area contributed by atoms with Gasteiger partial charge in [-0.1, -0.05) is 0 Å². The van der Waals surface area contributed by atoms with Gasteiger partial charge >= 0.3 is 0 Å². The van der Waals surface area contributed by atoms with Crippen LogP contribution in [0.4, 0.5) is 0 Å². The van der Waals surface area contributed by atoms with Gasteiger partial charge in [0.25, 0.3) is 0 Å². The Labute approximate surface area is 90.4 Å². The van der Waals surface area contributed by atoms with Gasteiger partial charge in [0.15, 0.2) is 11.2 Å². The van der Waals surface area contributed by atoms with Crippen molar-refractivity contribution < 1.29 is 4.42 Å². The molecule has 0 aliphatic carbocycles. The zero-order valence-electron chi connectivity index (χ0n) is 8.10. The number of hydrogen-bond donors (Lipinski definition) is 0. The molecule has 3 heterocycles. The first-order valence-electron chi connectivity index (χ1n) is 4.60. The third-order valence-corrected chi connectivity index (χ3v) is 3.23. The highest BCUT2D eigenvalue weighted by Gasteiger charge is 2.11. The number of nitrogens with zero attached hydrogens (tertiary/aromatic N) is 2. The maximum atomic E-state index is 5.63. The van der Waals surface area contributed by atoms with Crippen LogP contribution in [0.25, 0.3) is 22.0 Å². The molecule has 0 bridgehead atoms. The minimum atomic E-state index is 0.663. The highest BCUT2D eigenvalue weighted by Crippen LogP contribution is 2.30. The second-order valence-corrected chi connectivity index (χ2v) is 4.19. The second kappa shape index (κ2) is 3.17. The number of oxazole rings is 1. The molecule has 3 aromatic heterocycles. The summed E-state index contributed by atoms with van der Waals surface area (Å²) in [5.41, 5.74) is 2.59. The minimum Gasteiger partial charge on any atom is -0.434 e. The van der Waals surface area contributed by atoms with Crippen LogP contribution in [0.3, 0.4) is 0 Å². The van der Waals surface area contributed by atoms with Crippen molar-refractivity contribution in [2.45, 2.75) is 6.92 Å². The Hall–Kier alpha value is -1.68. The van der Waals surface area contributed by atoms with Gasteiger partial charge < -0.3 is 4.42 Å². The lowest BCUT2D eigenvalue weighted by atomic mass is 10.3. The van der Waals surface area contributed by atoms with Gasteiger partial charge in [0, 0.05) is 6.20 Å². The van der Waals surface area contributed by atoms with Gasteiger partial charge in [-0.15, -0.1) is 11.3 Å². The Balaban J connectivity index is 2.24. The molecular weight excluding hydrogens is 208 g/mol. The summed E-state index contributed by atoms with van der Waals surface area (Å²) in [6.07, 6.45) is 1.72. The maximum Gasteiger partial charge on any atom is 0.239 e. The summed E-state index contributed by atoms with van der Waals surface area (Å²) in [5.74, 6) is 0.663. The van der Waals surface area contributed by atoms with Crippen molar-refractivity contribution in [2.75, 3.05) is 0 Å². The smallest absolute Gasteiger partial charge is 0.239 e. The standard InChI is InChI=1S/C11H8N2OS/c1-7-4-6-15-9(7)11-13-10-8(14-11)3-2-5-12-10/h2-6H,1H3. The highest BCUT2D eigenvalue weighted by molar-refractivity contribution is 7.13. The van der Waals surface area contributed by atoms with Crippen LogP contribution in [0.2, 0.25) is 0 Å². The van der Waals surface area contributed by atoms with Crippen LogP contribution in [0.15, 0.2) is 34.2 Å². The number of rotatable bonds is 1. The van der Waals surface area contributed by atoms with E-state index in [2.05, 4.69) is 16.0 Å². The third kappa shape index (κ3) is 1.34. The van der Waals surface area contributed by atoms with Crippen molar-refractivity contribution in [1.29, 1.82) is 0 Å². The van der Waals surface area contributed by atoms with Crippen LogP contribution in [-0.4, -0.2) is 9.97 Å². The van der Waals surface area contributed by atoms with E-state index >= 15 is 0 Å². The van der Waals surface area contributed by atoms with E-state index in [-0.39, 0.29) is 0 Å². The lowest BCUT2D eigenvalue weighted by molar-refractivity contribution is 0.621. The van der Waals surface area contributed by atoms with E-state index in [0.717, 1.165) is 10.5 Å². The molecule has 0 saturated heterocycles. The number of hydrogen-bond acceptors (Lipinski definition) is 4. The lowest BCUT2D eigenvalue weighted by Gasteiger charge is -1.89. The summed E-state index contributed by atoms with van der Waals surface area (Å²) in [7, 11) is 0. The Morgan fingerprint density at radius 3 is 3.00 bits per heavy atom. The zero-order valence-corrected chi connectivity index (χ0v) is 8.91. The van der Waals surface area contributed by atoms with Crippen LogP contribution in [0.5, 0.6) is 0 Å². The SMILES string of the molecule is Cc1ccsc1-c1nc2ncccc2o1. The first kappa shape index (κ1) is 8.61. The molecule has 0 radical (unpaired) electrons. The molecule has 0 aliphatic rings. The fraction of sp³-hybridized carbons (Fsp3) is 0.0909. The molecule has 0 aromatic carbocycles. The van der Waals surface area contributed by atoms with Crippen molar-refractivity contribution in [2.24, 2.45) is 0 Å². The van der Waals surface area contributed by atoms with E-state index < -0.39 is 0 Å². The average molecular weight is 216 g/mol. The molecule has 0 fully saturated rings. The number of pyridine rings is 1. The van der Waals surface area contributed by atoms with Gasteiger partial charge in [0.1, 0.15) is 0 Å². The topological polar surface area (TPSA) is 38.9 Å². The highest BCUT2D eigenvalue weighted by atomic mass is 32.1. The molecule has 0 amide bonds. The predicted octanol–water partition coefficient (Wildman–Crippen LogP) is 3.26. The normalized spacial score (nSPS) is 11.0. The van der Waals surface area contributed by atoms with Gasteiger partial charge in [0.2, 0.25) is 5.89 Å². The van der Waals surface area contributed by atoms with Gasteiger partial charge in [-0.3, -0.25) is 0 Å². The quantitative estimate of drug-likeness (QED) is 0.626. The third-order valence-electron chi connectivity index (χ3n) is 2.22. The molecule has 0 atom stereocenters. The number of fused-ring (bicyclic) bond motifs is 1. The van der Waals surface area contributed by atoms with E-state index in [4.69, 9.17) is 4.42 Å². The van der Waals surface area contributed by atoms with Crippen molar-refractivity contribution >= 4 is 22.6 Å². The summed E-state index contributed by atoms with van der Waals surface area (Å²) in [4.78, 5) is 9.57. The first-order valence-corrected chi connectivity index (χ1v) is 5.48. The molecule has 3 aromatic rings. The summed E-state index contributed by atoms with van der Waals surface area (Å²) >= 11 is 1.63. The minimum absolute atomic E-state index is 0.663. The first-order chi connectivity index (χ1) is 7.34. The largest absolute Gasteiger partial charge is 0.434 e. The molecule has 3 rings (SSSR count). The summed E-state index contributed by atoms with van der Waals surface area (Å²) < 4.78 is 5.63. The summed E-state index contributed by atoms with van der Waals surface area (Å²) in [6.45, 7) is 2.05. The predicted molar refractivity (Wildman–Crippen MR) is 59.9 cm³/mol. The van der Waals surface area contributed by atoms with E-state index in [1.54, 1.807) is 17.5 Å². The fourth-order valence-electron chi connectivity index (χ4n) is 1.46. The second-order valence-electron chi connectivity index (χ2n) is 3.28. The van der Waals surface area contributed by atoms with Crippen molar-refractivity contribution in [3.63, 3.8) is 0 Å². The van der Waals surface area contributed by atoms with E-state index in [1.165, 1.54) is 5.56 Å². The Bertz CT molecular complexity index is 579. The van der Waals surface area contributed by atoms with Gasteiger partial charge in [-0.2, -0.15) is 4.98 Å². The maximum absolute atomic E-state index is 5.63. The molecule has 0 N–H and O–H groups in total. The van der Waals surface area contributed by atoms with Crippen molar-refractivity contribution in [3.8, 4) is 10.8 Å². The van der Waals surface area contributed by atoms with Crippen LogP contribution in [0, 0.1) is 6.92 Å². The van der Waals surface area contributed by atoms with Gasteiger partial charge in [-0.05, 0) is 36.1 Å². The molecule has 0 saturated carbocycles. The van der Waals surface area contributed by atoms with Crippen LogP contribution in [-0.2, 0) is 0 Å². The fourth-order valence-corrected chi connectivity index (χ4v) is 2.31. The van der Waals surface area contributed by atoms with Crippen molar-refractivity contribution in [1.82, 2.24) is 9.97 Å². The zero-order chi connectivity index (χ0) is 10.3. The lowest BCUT2D eigenvalue weighted by Crippen LogP contribution is -1.75. The number of aryl methyl sites for hydroxylation is 1. The number of thiophene rings is 1. The van der Waals surface area contributed by atoms with E-state index in [9.17, 15) is 0 Å². The molecule has 4 heteroatoms. The van der Waals surface area contributed by atoms with Crippen molar-refractivity contribution in [3.05, 3.63) is 35.3 Å². The Morgan fingerprint density at radius 2 is 2.27 bits per heavy atom. The monoisotopic (exact) mass is 216 g/mol. The van der Waals surface area contributed by atoms with Crippen LogP contribution < -0.4 is 0 Å². The molecule has 0 unspecified atom stereocenters. The average Bonchev–Trinajstić information content (AvgIpc) is 2.82. The molecule has 0 spiro atoms. The Kier molecular flexibility index (Phi) is 1.82. The van der Waals surface area contributed by atoms with Gasteiger partial charge in [0.05, 0.1) is 4.88 Å². The Morgan fingerprint density at radius 1 is 1.33 bits per heavy atom. The summed E-state index contributed by atoms with van der Waals surface area (Å²) in [6, 6.07) is 5.78. The molecular formula is C11H8N2OS. The number of aromatic nitrogens is 2. The molecule has 15 heavy (non-hydrogen) atoms. The van der Waals surface area contributed by atoms with Crippen LogP contribution in [0.1, 0.15) is 5.56 Å². The molecule has 74 valence electrons. The van der Waals surface area contributed by atoms with Crippen LogP contribution >= 0.6 is 11.3 Å². The van der Waals surface area contributed by atoms with E-state index in [0.29, 0.717) is 11.5 Å². The van der Waals surface area contributed by atoms with E-state index in [1.807, 2.05) is 24.4 Å². The molecule has 3 nitrogen and oxygen atoms in total. The summed E-state index contributed by atoms with van der Waals surface area (Å²) in [5, 5.41) is 2.03. The van der Waals surface area contributed by atoms with Gasteiger partial charge in [-0.25, -0.2) is 4.98 Å². The molecule has 0 aliphatic heterocycles.